The lowest BCUT2D eigenvalue weighted by atomic mass is 9.88. The molecule has 2 N–H and O–H groups in total. The maximum Gasteiger partial charge on any atom is 0.256 e. The Morgan fingerprint density at radius 1 is 1.06 bits per heavy atom. The molecule has 2 atom stereocenters. The van der Waals surface area contributed by atoms with Crippen LogP contribution in [0.15, 0.2) is 42.5 Å². The third-order valence-corrected chi connectivity index (χ3v) is 6.61. The Balaban J connectivity index is 1.46. The normalized spacial score (nSPS) is 16.9. The molecule has 35 heavy (non-hydrogen) atoms. The molecule has 0 radical (unpaired) electrons. The van der Waals surface area contributed by atoms with Crippen LogP contribution in [-0.2, 0) is 4.79 Å². The molecule has 4 rings (SSSR count). The Morgan fingerprint density at radius 2 is 1.77 bits per heavy atom. The number of nitrogens with zero attached hydrogens (tertiary/aromatic N) is 1. The zero-order chi connectivity index (χ0) is 24.9. The lowest BCUT2D eigenvalue weighted by molar-refractivity contribution is -0.125. The van der Waals surface area contributed by atoms with Crippen molar-refractivity contribution in [1.82, 2.24) is 15.5 Å². The smallest absolute Gasteiger partial charge is 0.256 e. The van der Waals surface area contributed by atoms with E-state index in [1.165, 1.54) is 12.1 Å². The number of piperidine rings is 1. The van der Waals surface area contributed by atoms with Gasteiger partial charge in [0.05, 0.1) is 5.56 Å². The van der Waals surface area contributed by atoms with Gasteiger partial charge in [-0.1, -0.05) is 19.1 Å². The fourth-order valence-corrected chi connectivity index (χ4v) is 4.34. The average molecular weight is 484 g/mol. The van der Waals surface area contributed by atoms with Gasteiger partial charge >= 0.3 is 0 Å². The van der Waals surface area contributed by atoms with Crippen molar-refractivity contribution in [3.8, 4) is 11.5 Å². The first-order chi connectivity index (χ1) is 16.9. The van der Waals surface area contributed by atoms with Crippen molar-refractivity contribution in [2.45, 2.75) is 45.2 Å². The minimum absolute atomic E-state index is 0.0353. The van der Waals surface area contributed by atoms with Crippen molar-refractivity contribution in [2.24, 2.45) is 5.92 Å². The quantitative estimate of drug-likeness (QED) is 0.631. The highest BCUT2D eigenvalue weighted by Gasteiger charge is 2.35. The number of nitrogens with one attached hydrogen (secondary N) is 2. The van der Waals surface area contributed by atoms with E-state index < -0.39 is 17.8 Å². The molecule has 1 fully saturated rings. The van der Waals surface area contributed by atoms with Gasteiger partial charge in [-0.05, 0) is 62.4 Å². The number of carbonyl (C=O) groups excluding carboxylic acids is 3. The predicted molar refractivity (Wildman–Crippen MR) is 127 cm³/mol. The number of likely N-dealkylation sites (tertiary alicyclic amines) is 1. The maximum atomic E-state index is 14.1. The molecule has 186 valence electrons. The third-order valence-electron chi connectivity index (χ3n) is 6.61. The van der Waals surface area contributed by atoms with Gasteiger partial charge in [0.2, 0.25) is 12.7 Å². The standard InChI is InChI=1S/C26H30FN3O5/c1-3-16(2)28-25(32)23(29-24(31)18-8-9-21-22(14-18)35-15-34-21)17-10-12-30(13-11-17)26(33)19-6-4-5-7-20(19)27/h4-9,14,16-17,23H,3,10-13,15H2,1-2H3,(H,28,32)(H,29,31). The van der Waals surface area contributed by atoms with Gasteiger partial charge in [-0.15, -0.1) is 0 Å². The van der Waals surface area contributed by atoms with Crippen LogP contribution in [0.3, 0.4) is 0 Å². The van der Waals surface area contributed by atoms with E-state index in [9.17, 15) is 18.8 Å². The van der Waals surface area contributed by atoms with Crippen molar-refractivity contribution >= 4 is 17.7 Å². The molecule has 8 nitrogen and oxygen atoms in total. The monoisotopic (exact) mass is 483 g/mol. The van der Waals surface area contributed by atoms with E-state index in [0.29, 0.717) is 43.0 Å². The van der Waals surface area contributed by atoms with Crippen LogP contribution in [0.25, 0.3) is 0 Å². The molecule has 1 saturated heterocycles. The minimum atomic E-state index is -0.771. The zero-order valence-electron chi connectivity index (χ0n) is 19.9. The van der Waals surface area contributed by atoms with Crippen LogP contribution in [0.4, 0.5) is 4.39 Å². The van der Waals surface area contributed by atoms with E-state index in [0.717, 1.165) is 6.42 Å². The molecule has 2 unspecified atom stereocenters. The van der Waals surface area contributed by atoms with Gasteiger partial charge in [0.15, 0.2) is 11.5 Å². The van der Waals surface area contributed by atoms with Crippen LogP contribution >= 0.6 is 0 Å². The molecule has 0 aromatic heterocycles. The highest BCUT2D eigenvalue weighted by atomic mass is 19.1. The van der Waals surface area contributed by atoms with E-state index >= 15 is 0 Å². The molecule has 2 aromatic carbocycles. The number of hydrogen-bond donors (Lipinski definition) is 2. The summed E-state index contributed by atoms with van der Waals surface area (Å²) in [5, 5.41) is 5.86. The summed E-state index contributed by atoms with van der Waals surface area (Å²) in [6.07, 6.45) is 1.75. The third kappa shape index (κ3) is 5.55. The summed E-state index contributed by atoms with van der Waals surface area (Å²) in [5.74, 6) is -0.697. The van der Waals surface area contributed by atoms with Crippen LogP contribution in [0, 0.1) is 11.7 Å². The SMILES string of the molecule is CCC(C)NC(=O)C(NC(=O)c1ccc2c(c1)OCO2)C1CCN(C(=O)c2ccccc2F)CC1. The van der Waals surface area contributed by atoms with Gasteiger partial charge in [0, 0.05) is 24.7 Å². The molecule has 9 heteroatoms. The molecule has 2 aliphatic heterocycles. The van der Waals surface area contributed by atoms with E-state index in [4.69, 9.17) is 9.47 Å². The van der Waals surface area contributed by atoms with Gasteiger partial charge in [0.25, 0.3) is 11.8 Å². The number of rotatable bonds is 7. The van der Waals surface area contributed by atoms with Gasteiger partial charge in [0.1, 0.15) is 11.9 Å². The Morgan fingerprint density at radius 3 is 2.49 bits per heavy atom. The van der Waals surface area contributed by atoms with Crippen molar-refractivity contribution in [3.05, 3.63) is 59.4 Å². The fraction of sp³-hybridized carbons (Fsp3) is 0.423. The van der Waals surface area contributed by atoms with Crippen LogP contribution in [0.1, 0.15) is 53.8 Å². The fourth-order valence-electron chi connectivity index (χ4n) is 4.34. The van der Waals surface area contributed by atoms with Crippen molar-refractivity contribution < 1.29 is 28.2 Å². The number of hydrogen-bond acceptors (Lipinski definition) is 5. The molecule has 2 aromatic rings. The van der Waals surface area contributed by atoms with E-state index in [1.54, 1.807) is 35.2 Å². The number of fused-ring (bicyclic) bond motifs is 1. The van der Waals surface area contributed by atoms with Crippen LogP contribution in [-0.4, -0.2) is 54.6 Å². The Bertz CT molecular complexity index is 1100. The van der Waals surface area contributed by atoms with E-state index in [1.807, 2.05) is 13.8 Å². The first kappa shape index (κ1) is 24.5. The van der Waals surface area contributed by atoms with E-state index in [-0.39, 0.29) is 36.1 Å². The minimum Gasteiger partial charge on any atom is -0.454 e. The topological polar surface area (TPSA) is 97.0 Å². The van der Waals surface area contributed by atoms with Gasteiger partial charge in [-0.2, -0.15) is 0 Å². The molecule has 0 saturated carbocycles. The Labute approximate surface area is 203 Å². The maximum absolute atomic E-state index is 14.1. The lowest BCUT2D eigenvalue weighted by Gasteiger charge is -2.36. The molecule has 0 spiro atoms. The van der Waals surface area contributed by atoms with Crippen molar-refractivity contribution in [2.75, 3.05) is 19.9 Å². The lowest BCUT2D eigenvalue weighted by Crippen LogP contribution is -2.55. The second-order valence-electron chi connectivity index (χ2n) is 8.95. The first-order valence-electron chi connectivity index (χ1n) is 11.9. The molecule has 3 amide bonds. The molecular formula is C26H30FN3O5. The number of ether oxygens (including phenoxy) is 2. The average Bonchev–Trinajstić information content (AvgIpc) is 3.35. The number of benzene rings is 2. The summed E-state index contributed by atoms with van der Waals surface area (Å²) in [6, 6.07) is 9.98. The molecule has 2 aliphatic rings. The van der Waals surface area contributed by atoms with Crippen LogP contribution in [0.2, 0.25) is 0 Å². The molecular weight excluding hydrogens is 453 g/mol. The largest absolute Gasteiger partial charge is 0.454 e. The highest BCUT2D eigenvalue weighted by Crippen LogP contribution is 2.32. The summed E-state index contributed by atoms with van der Waals surface area (Å²) < 4.78 is 24.7. The van der Waals surface area contributed by atoms with Crippen LogP contribution < -0.4 is 20.1 Å². The van der Waals surface area contributed by atoms with Gasteiger partial charge in [-0.25, -0.2) is 4.39 Å². The highest BCUT2D eigenvalue weighted by molar-refractivity contribution is 5.98. The van der Waals surface area contributed by atoms with Gasteiger partial charge in [-0.3, -0.25) is 14.4 Å². The number of carbonyl (C=O) groups is 3. The Kier molecular flexibility index (Phi) is 7.53. The molecule has 2 heterocycles. The molecule has 0 bridgehead atoms. The zero-order valence-corrected chi connectivity index (χ0v) is 19.9. The van der Waals surface area contributed by atoms with Gasteiger partial charge < -0.3 is 25.0 Å². The Hall–Kier alpha value is -3.62. The summed E-state index contributed by atoms with van der Waals surface area (Å²) >= 11 is 0. The number of halogens is 1. The summed E-state index contributed by atoms with van der Waals surface area (Å²) in [5.41, 5.74) is 0.399. The second kappa shape index (κ2) is 10.8. The predicted octanol–water partition coefficient (Wildman–Crippen LogP) is 3.12. The van der Waals surface area contributed by atoms with Crippen LogP contribution in [0.5, 0.6) is 11.5 Å². The molecule has 0 aliphatic carbocycles. The van der Waals surface area contributed by atoms with Crippen molar-refractivity contribution in [3.63, 3.8) is 0 Å². The summed E-state index contributed by atoms with van der Waals surface area (Å²) in [4.78, 5) is 40.6. The summed E-state index contributed by atoms with van der Waals surface area (Å²) in [7, 11) is 0. The van der Waals surface area contributed by atoms with Crippen molar-refractivity contribution in [1.29, 1.82) is 0 Å². The second-order valence-corrected chi connectivity index (χ2v) is 8.95. The summed E-state index contributed by atoms with van der Waals surface area (Å²) in [6.45, 7) is 4.71. The first-order valence-corrected chi connectivity index (χ1v) is 11.9. The van der Waals surface area contributed by atoms with E-state index in [2.05, 4.69) is 10.6 Å². The number of amides is 3.